The molecule has 0 unspecified atom stereocenters. The van der Waals surface area contributed by atoms with Crippen molar-refractivity contribution in [2.24, 2.45) is 0 Å². The molecule has 0 saturated carbocycles. The Kier molecular flexibility index (Phi) is 6.19. The zero-order chi connectivity index (χ0) is 20.3. The van der Waals surface area contributed by atoms with Gasteiger partial charge in [0.25, 0.3) is 5.91 Å². The van der Waals surface area contributed by atoms with Crippen LogP contribution in [0.3, 0.4) is 0 Å². The largest absolute Gasteiger partial charge is 0.354 e. The number of sulfonamides is 1. The molecule has 0 bridgehead atoms. The van der Waals surface area contributed by atoms with Gasteiger partial charge in [0.2, 0.25) is 10.0 Å². The Labute approximate surface area is 169 Å². The van der Waals surface area contributed by atoms with Crippen LogP contribution < -0.4 is 14.9 Å². The molecule has 0 atom stereocenters. The fourth-order valence-corrected chi connectivity index (χ4v) is 4.10. The average molecular weight is 424 g/mol. The lowest BCUT2D eigenvalue weighted by Gasteiger charge is -2.33. The highest BCUT2D eigenvalue weighted by Gasteiger charge is 2.19. The van der Waals surface area contributed by atoms with Crippen LogP contribution in [0.1, 0.15) is 10.4 Å². The molecular formula is C18H22ClN5O3S. The number of likely N-dealkylation sites (N-methyl/N-ethyl adjacent to an activating group) is 1. The highest BCUT2D eigenvalue weighted by molar-refractivity contribution is 7.89. The molecular weight excluding hydrogens is 402 g/mol. The molecule has 10 heteroatoms. The summed E-state index contributed by atoms with van der Waals surface area (Å²) in [5, 5.41) is 2.77. The second-order valence-electron chi connectivity index (χ2n) is 6.50. The fraction of sp³-hybridized carbons (Fsp3) is 0.333. The quantitative estimate of drug-likeness (QED) is 0.759. The first kappa shape index (κ1) is 20.5. The van der Waals surface area contributed by atoms with Gasteiger partial charge in [-0.1, -0.05) is 11.6 Å². The van der Waals surface area contributed by atoms with Crippen LogP contribution >= 0.6 is 11.6 Å². The molecule has 8 nitrogen and oxygen atoms in total. The second kappa shape index (κ2) is 8.44. The van der Waals surface area contributed by atoms with E-state index in [1.54, 1.807) is 12.3 Å². The Hall–Kier alpha value is -2.20. The van der Waals surface area contributed by atoms with Gasteiger partial charge in [-0.05, 0) is 44.4 Å². The number of rotatable bonds is 5. The van der Waals surface area contributed by atoms with E-state index in [0.717, 1.165) is 32.0 Å². The third-order valence-corrected chi connectivity index (χ3v) is 6.48. The molecule has 1 aromatic carbocycles. The van der Waals surface area contributed by atoms with Gasteiger partial charge in [0.15, 0.2) is 0 Å². The third kappa shape index (κ3) is 4.61. The Bertz CT molecular complexity index is 958. The summed E-state index contributed by atoms with van der Waals surface area (Å²) in [6.45, 7) is 3.77. The van der Waals surface area contributed by atoms with E-state index in [1.807, 2.05) is 6.07 Å². The molecule has 0 radical (unpaired) electrons. The number of carbonyl (C=O) groups excluding carboxylic acids is 1. The average Bonchev–Trinajstić information content (AvgIpc) is 2.69. The van der Waals surface area contributed by atoms with Crippen molar-refractivity contribution >= 4 is 39.0 Å². The summed E-state index contributed by atoms with van der Waals surface area (Å²) in [5.74, 6) is 0.415. The van der Waals surface area contributed by atoms with Crippen molar-refractivity contribution in [1.29, 1.82) is 0 Å². The van der Waals surface area contributed by atoms with Gasteiger partial charge in [0.05, 0.1) is 16.9 Å². The normalized spacial score (nSPS) is 15.5. The lowest BCUT2D eigenvalue weighted by atomic mass is 10.2. The minimum Gasteiger partial charge on any atom is -0.354 e. The third-order valence-electron chi connectivity index (χ3n) is 4.58. The van der Waals surface area contributed by atoms with Crippen LogP contribution in [0.4, 0.5) is 11.5 Å². The number of nitrogens with zero attached hydrogens (tertiary/aromatic N) is 3. The van der Waals surface area contributed by atoms with Gasteiger partial charge >= 0.3 is 0 Å². The fourth-order valence-electron chi connectivity index (χ4n) is 2.85. The molecule has 1 aliphatic heterocycles. The van der Waals surface area contributed by atoms with Crippen LogP contribution in [0.2, 0.25) is 5.02 Å². The summed E-state index contributed by atoms with van der Waals surface area (Å²) in [6.07, 6.45) is 1.59. The molecule has 0 aliphatic carbocycles. The van der Waals surface area contributed by atoms with Crippen LogP contribution in [-0.2, 0) is 10.0 Å². The molecule has 2 aromatic rings. The Morgan fingerprint density at radius 2 is 1.86 bits per heavy atom. The van der Waals surface area contributed by atoms with E-state index in [4.69, 9.17) is 11.6 Å². The number of carbonyl (C=O) groups is 1. The highest BCUT2D eigenvalue weighted by atomic mass is 35.5. The molecule has 0 spiro atoms. The number of nitrogens with one attached hydrogen (secondary N) is 2. The topological polar surface area (TPSA) is 94.6 Å². The number of pyridine rings is 1. The van der Waals surface area contributed by atoms with Gasteiger partial charge in [0, 0.05) is 31.7 Å². The summed E-state index contributed by atoms with van der Waals surface area (Å²) in [6, 6.07) is 7.74. The number of halogens is 1. The predicted molar refractivity (Wildman–Crippen MR) is 110 cm³/mol. The van der Waals surface area contributed by atoms with Gasteiger partial charge in [-0.3, -0.25) is 4.79 Å². The smallest absolute Gasteiger partial charge is 0.255 e. The van der Waals surface area contributed by atoms with Crippen LogP contribution in [0.25, 0.3) is 0 Å². The van der Waals surface area contributed by atoms with Gasteiger partial charge in [-0.2, -0.15) is 0 Å². The van der Waals surface area contributed by atoms with Crippen molar-refractivity contribution in [3.05, 3.63) is 47.1 Å². The van der Waals surface area contributed by atoms with Crippen molar-refractivity contribution in [3.63, 3.8) is 0 Å². The summed E-state index contributed by atoms with van der Waals surface area (Å²) in [5.41, 5.74) is 0.706. The van der Waals surface area contributed by atoms with Gasteiger partial charge in [-0.25, -0.2) is 18.1 Å². The van der Waals surface area contributed by atoms with Crippen LogP contribution in [-0.4, -0.2) is 64.5 Å². The molecule has 150 valence electrons. The number of amides is 1. The van der Waals surface area contributed by atoms with E-state index in [2.05, 4.69) is 31.9 Å². The lowest BCUT2D eigenvalue weighted by Crippen LogP contribution is -2.44. The number of hydrogen-bond donors (Lipinski definition) is 2. The summed E-state index contributed by atoms with van der Waals surface area (Å²) in [7, 11) is -0.389. The van der Waals surface area contributed by atoms with Crippen LogP contribution in [0, 0.1) is 0 Å². The maximum absolute atomic E-state index is 12.5. The van der Waals surface area contributed by atoms with Crippen molar-refractivity contribution in [3.8, 4) is 0 Å². The van der Waals surface area contributed by atoms with Crippen molar-refractivity contribution in [2.75, 3.05) is 50.5 Å². The van der Waals surface area contributed by atoms with Crippen molar-refractivity contribution < 1.29 is 13.2 Å². The Morgan fingerprint density at radius 3 is 2.46 bits per heavy atom. The Morgan fingerprint density at radius 1 is 1.14 bits per heavy atom. The molecule has 1 fully saturated rings. The molecule has 1 amide bonds. The van der Waals surface area contributed by atoms with E-state index in [0.29, 0.717) is 5.69 Å². The lowest BCUT2D eigenvalue weighted by molar-refractivity contribution is 0.102. The van der Waals surface area contributed by atoms with E-state index in [9.17, 15) is 13.2 Å². The number of piperazine rings is 1. The molecule has 1 aromatic heterocycles. The minimum atomic E-state index is -3.76. The van der Waals surface area contributed by atoms with Crippen LogP contribution in [0.15, 0.2) is 41.4 Å². The molecule has 3 rings (SSSR count). The number of aromatic nitrogens is 1. The summed E-state index contributed by atoms with van der Waals surface area (Å²) >= 11 is 5.96. The molecule has 1 saturated heterocycles. The van der Waals surface area contributed by atoms with Crippen LogP contribution in [0.5, 0.6) is 0 Å². The number of benzene rings is 1. The first-order valence-corrected chi connectivity index (χ1v) is 10.6. The Balaban J connectivity index is 1.72. The summed E-state index contributed by atoms with van der Waals surface area (Å²) in [4.78, 5) is 21.2. The number of hydrogen-bond acceptors (Lipinski definition) is 6. The molecule has 1 aliphatic rings. The van der Waals surface area contributed by atoms with Gasteiger partial charge in [0.1, 0.15) is 10.7 Å². The first-order valence-electron chi connectivity index (χ1n) is 8.74. The molecule has 2 heterocycles. The van der Waals surface area contributed by atoms with Crippen molar-refractivity contribution in [2.45, 2.75) is 4.90 Å². The number of anilines is 2. The maximum Gasteiger partial charge on any atom is 0.255 e. The molecule has 2 N–H and O–H groups in total. The van der Waals surface area contributed by atoms with E-state index in [-0.39, 0.29) is 15.5 Å². The summed E-state index contributed by atoms with van der Waals surface area (Å²) < 4.78 is 26.2. The molecule has 28 heavy (non-hydrogen) atoms. The monoisotopic (exact) mass is 423 g/mol. The van der Waals surface area contributed by atoms with E-state index < -0.39 is 15.9 Å². The standard InChI is InChI=1S/C18H22ClN5O3S/c1-20-28(26,27)16-11-13(3-5-15(16)19)18(25)22-14-4-6-17(21-12-14)24-9-7-23(2)8-10-24/h3-6,11-12,20H,7-10H2,1-2H3,(H,22,25). The van der Waals surface area contributed by atoms with E-state index in [1.165, 1.54) is 25.2 Å². The first-order chi connectivity index (χ1) is 13.3. The SMILES string of the molecule is CNS(=O)(=O)c1cc(C(=O)Nc2ccc(N3CCN(C)CC3)nc2)ccc1Cl. The van der Waals surface area contributed by atoms with Crippen molar-refractivity contribution in [1.82, 2.24) is 14.6 Å². The zero-order valence-corrected chi connectivity index (χ0v) is 17.2. The zero-order valence-electron chi connectivity index (χ0n) is 15.6. The van der Waals surface area contributed by atoms with E-state index >= 15 is 0 Å². The highest BCUT2D eigenvalue weighted by Crippen LogP contribution is 2.23. The second-order valence-corrected chi connectivity index (χ2v) is 8.76. The van der Waals surface area contributed by atoms with Gasteiger partial charge in [-0.15, -0.1) is 0 Å². The van der Waals surface area contributed by atoms with Gasteiger partial charge < -0.3 is 15.1 Å². The predicted octanol–water partition coefficient (Wildman–Crippen LogP) is 1.65. The minimum absolute atomic E-state index is 0.0455. The maximum atomic E-state index is 12.5.